The fraction of sp³-hybridized carbons (Fsp3) is 0.208. The van der Waals surface area contributed by atoms with Crippen LogP contribution in [0.15, 0.2) is 69.6 Å². The molecule has 7 nitrogen and oxygen atoms in total. The van der Waals surface area contributed by atoms with Crippen LogP contribution in [0.2, 0.25) is 0 Å². The largest absolute Gasteiger partial charge is 0.494 e. The maximum absolute atomic E-state index is 13.3. The minimum atomic E-state index is -0.526. The van der Waals surface area contributed by atoms with Crippen LogP contribution < -0.4 is 21.3 Å². The molecule has 0 fully saturated rings. The molecule has 4 aromatic rings. The quantitative estimate of drug-likeness (QED) is 0.467. The van der Waals surface area contributed by atoms with Gasteiger partial charge in [0.1, 0.15) is 17.0 Å². The Morgan fingerprint density at radius 2 is 1.88 bits per heavy atom. The van der Waals surface area contributed by atoms with Crippen LogP contribution in [0.4, 0.5) is 5.69 Å². The van der Waals surface area contributed by atoms with E-state index >= 15 is 0 Å². The Labute approximate surface area is 188 Å². The first-order valence-electron chi connectivity index (χ1n) is 10.3. The summed E-state index contributed by atoms with van der Waals surface area (Å²) in [6, 6.07) is 16.4. The number of rotatable bonds is 7. The van der Waals surface area contributed by atoms with Gasteiger partial charge in [-0.1, -0.05) is 24.3 Å². The molecule has 2 aromatic carbocycles. The topological polar surface area (TPSA) is 82.3 Å². The van der Waals surface area contributed by atoms with Crippen molar-refractivity contribution in [2.75, 3.05) is 11.9 Å². The van der Waals surface area contributed by atoms with Gasteiger partial charge >= 0.3 is 5.69 Å². The summed E-state index contributed by atoms with van der Waals surface area (Å²) in [6.07, 6.45) is 0. The molecule has 0 bridgehead atoms. The fourth-order valence-electron chi connectivity index (χ4n) is 3.58. The number of nitrogens with one attached hydrogen (secondary N) is 1. The van der Waals surface area contributed by atoms with E-state index in [1.807, 2.05) is 56.3 Å². The van der Waals surface area contributed by atoms with E-state index in [0.717, 1.165) is 11.1 Å². The Hall–Kier alpha value is -3.65. The summed E-state index contributed by atoms with van der Waals surface area (Å²) in [4.78, 5) is 39.0. The lowest BCUT2D eigenvalue weighted by Crippen LogP contribution is -2.41. The maximum atomic E-state index is 13.3. The number of hydrogen-bond acceptors (Lipinski definition) is 5. The number of hydrogen-bond donors (Lipinski definition) is 1. The Balaban J connectivity index is 1.69. The Bertz CT molecular complexity index is 1400. The van der Waals surface area contributed by atoms with Crippen molar-refractivity contribution >= 4 is 33.1 Å². The van der Waals surface area contributed by atoms with Gasteiger partial charge in [-0.25, -0.2) is 4.79 Å². The van der Waals surface area contributed by atoms with Crippen LogP contribution in [-0.4, -0.2) is 21.6 Å². The van der Waals surface area contributed by atoms with Gasteiger partial charge in [-0.15, -0.1) is 11.3 Å². The molecular formula is C24H23N3O4S. The third-order valence-electron chi connectivity index (χ3n) is 4.99. The summed E-state index contributed by atoms with van der Waals surface area (Å²) in [5, 5.41) is 4.57. The van der Waals surface area contributed by atoms with Crippen molar-refractivity contribution in [3.05, 3.63) is 91.9 Å². The van der Waals surface area contributed by atoms with Crippen molar-refractivity contribution < 1.29 is 9.53 Å². The van der Waals surface area contributed by atoms with Crippen molar-refractivity contribution in [2.24, 2.45) is 0 Å². The normalized spacial score (nSPS) is 10.9. The summed E-state index contributed by atoms with van der Waals surface area (Å²) >= 11 is 1.26. The van der Waals surface area contributed by atoms with Crippen LogP contribution in [0.3, 0.4) is 0 Å². The second-order valence-corrected chi connectivity index (χ2v) is 8.31. The van der Waals surface area contributed by atoms with Gasteiger partial charge in [0.15, 0.2) is 0 Å². The van der Waals surface area contributed by atoms with Gasteiger partial charge in [0.2, 0.25) is 5.91 Å². The number of carbonyl (C=O) groups is 1. The molecule has 0 aliphatic rings. The summed E-state index contributed by atoms with van der Waals surface area (Å²) in [7, 11) is 0. The molecule has 164 valence electrons. The smallest absolute Gasteiger partial charge is 0.332 e. The Morgan fingerprint density at radius 1 is 1.06 bits per heavy atom. The van der Waals surface area contributed by atoms with Gasteiger partial charge in [0, 0.05) is 5.69 Å². The predicted octanol–water partition coefficient (Wildman–Crippen LogP) is 3.62. The lowest BCUT2D eigenvalue weighted by atomic mass is 10.2. The summed E-state index contributed by atoms with van der Waals surface area (Å²) in [6.45, 7) is 4.24. The Morgan fingerprint density at radius 3 is 2.66 bits per heavy atom. The Kier molecular flexibility index (Phi) is 6.23. The number of ether oxygens (including phenoxy) is 1. The molecule has 1 amide bonds. The molecule has 2 heterocycles. The van der Waals surface area contributed by atoms with Crippen LogP contribution in [0.5, 0.6) is 5.75 Å². The van der Waals surface area contributed by atoms with Gasteiger partial charge in [-0.05, 0) is 60.7 Å². The molecule has 32 heavy (non-hydrogen) atoms. The molecule has 0 unspecified atom stereocenters. The van der Waals surface area contributed by atoms with E-state index in [0.29, 0.717) is 28.3 Å². The second-order valence-electron chi connectivity index (χ2n) is 7.39. The molecule has 0 saturated heterocycles. The molecule has 0 aliphatic heterocycles. The monoisotopic (exact) mass is 449 g/mol. The summed E-state index contributed by atoms with van der Waals surface area (Å²) < 4.78 is 8.48. The molecule has 1 N–H and O–H groups in total. The number of aryl methyl sites for hydroxylation is 1. The maximum Gasteiger partial charge on any atom is 0.332 e. The lowest BCUT2D eigenvalue weighted by molar-refractivity contribution is -0.116. The van der Waals surface area contributed by atoms with Crippen LogP contribution in [-0.2, 0) is 17.9 Å². The number of carbonyl (C=O) groups excluding carboxylic acids is 1. The lowest BCUT2D eigenvalue weighted by Gasteiger charge is -2.13. The molecule has 0 aliphatic carbocycles. The first kappa shape index (κ1) is 21.6. The van der Waals surface area contributed by atoms with Crippen molar-refractivity contribution in [1.29, 1.82) is 0 Å². The summed E-state index contributed by atoms with van der Waals surface area (Å²) in [5.74, 6) is 0.335. The van der Waals surface area contributed by atoms with Gasteiger partial charge in [-0.3, -0.25) is 18.7 Å². The standard InChI is InChI=1S/C24H23N3O4S/c1-3-31-19-9-5-7-17(13-19)14-27-23(29)22-20(10-11-32-22)26(24(27)30)15-21(28)25-18-8-4-6-16(2)12-18/h4-13H,3,14-15H2,1-2H3,(H,25,28). The predicted molar refractivity (Wildman–Crippen MR) is 127 cm³/mol. The molecule has 8 heteroatoms. The van der Waals surface area contributed by atoms with E-state index < -0.39 is 5.69 Å². The third kappa shape index (κ3) is 4.50. The van der Waals surface area contributed by atoms with Crippen LogP contribution in [0.1, 0.15) is 18.1 Å². The average Bonchev–Trinajstić information content (AvgIpc) is 3.25. The highest BCUT2D eigenvalue weighted by molar-refractivity contribution is 7.17. The highest BCUT2D eigenvalue weighted by Crippen LogP contribution is 2.17. The average molecular weight is 450 g/mol. The minimum absolute atomic E-state index is 0.0892. The SMILES string of the molecule is CCOc1cccc(Cn2c(=O)c3sccc3n(CC(=O)Nc3cccc(C)c3)c2=O)c1. The fourth-order valence-corrected chi connectivity index (χ4v) is 4.42. The molecule has 0 radical (unpaired) electrons. The minimum Gasteiger partial charge on any atom is -0.494 e. The molecule has 0 spiro atoms. The van der Waals surface area contributed by atoms with Crippen molar-refractivity contribution in [3.8, 4) is 5.75 Å². The zero-order valence-electron chi connectivity index (χ0n) is 17.8. The first-order valence-corrected chi connectivity index (χ1v) is 11.1. The highest BCUT2D eigenvalue weighted by Gasteiger charge is 2.17. The van der Waals surface area contributed by atoms with E-state index in [2.05, 4.69) is 5.32 Å². The molecule has 4 rings (SSSR count). The number of thiophene rings is 1. The van der Waals surface area contributed by atoms with Crippen LogP contribution in [0.25, 0.3) is 10.2 Å². The molecule has 0 saturated carbocycles. The number of aromatic nitrogens is 2. The van der Waals surface area contributed by atoms with E-state index in [1.54, 1.807) is 17.5 Å². The van der Waals surface area contributed by atoms with Crippen LogP contribution >= 0.6 is 11.3 Å². The van der Waals surface area contributed by atoms with E-state index in [-0.39, 0.29) is 24.6 Å². The van der Waals surface area contributed by atoms with Gasteiger partial charge in [0.25, 0.3) is 5.56 Å². The number of benzene rings is 2. The zero-order valence-corrected chi connectivity index (χ0v) is 18.6. The zero-order chi connectivity index (χ0) is 22.7. The molecular weight excluding hydrogens is 426 g/mol. The van der Waals surface area contributed by atoms with Gasteiger partial charge in [-0.2, -0.15) is 0 Å². The highest BCUT2D eigenvalue weighted by atomic mass is 32.1. The van der Waals surface area contributed by atoms with E-state index in [1.165, 1.54) is 20.5 Å². The molecule has 2 aromatic heterocycles. The van der Waals surface area contributed by atoms with E-state index in [9.17, 15) is 14.4 Å². The molecule has 0 atom stereocenters. The van der Waals surface area contributed by atoms with Gasteiger partial charge < -0.3 is 10.1 Å². The van der Waals surface area contributed by atoms with Crippen molar-refractivity contribution in [2.45, 2.75) is 26.9 Å². The number of nitrogens with zero attached hydrogens (tertiary/aromatic N) is 2. The number of anilines is 1. The first-order chi connectivity index (χ1) is 15.5. The number of fused-ring (bicyclic) bond motifs is 1. The third-order valence-corrected chi connectivity index (χ3v) is 5.88. The van der Waals surface area contributed by atoms with E-state index in [4.69, 9.17) is 4.74 Å². The van der Waals surface area contributed by atoms with Crippen molar-refractivity contribution in [1.82, 2.24) is 9.13 Å². The van der Waals surface area contributed by atoms with Crippen molar-refractivity contribution in [3.63, 3.8) is 0 Å². The van der Waals surface area contributed by atoms with Gasteiger partial charge in [0.05, 0.1) is 18.7 Å². The number of amides is 1. The second kappa shape index (κ2) is 9.23. The summed E-state index contributed by atoms with van der Waals surface area (Å²) in [5.41, 5.74) is 2.01. The van der Waals surface area contributed by atoms with Crippen LogP contribution in [0, 0.1) is 6.92 Å².